The van der Waals surface area contributed by atoms with Gasteiger partial charge in [0, 0.05) is 24.3 Å². The van der Waals surface area contributed by atoms with Gasteiger partial charge >= 0.3 is 0 Å². The van der Waals surface area contributed by atoms with Crippen LogP contribution in [0, 0.1) is 0 Å². The first-order valence-corrected chi connectivity index (χ1v) is 10.2. The highest BCUT2D eigenvalue weighted by molar-refractivity contribution is 7.88. The molecule has 0 saturated heterocycles. The van der Waals surface area contributed by atoms with Gasteiger partial charge in [0.25, 0.3) is 5.91 Å². The second-order valence-electron chi connectivity index (χ2n) is 6.28. The number of aromatic nitrogens is 1. The Hall–Kier alpha value is -2.20. The van der Waals surface area contributed by atoms with Crippen LogP contribution >= 0.6 is 0 Å². The summed E-state index contributed by atoms with van der Waals surface area (Å²) in [6.45, 7) is -0.292. The van der Waals surface area contributed by atoms with Crippen molar-refractivity contribution < 1.29 is 22.7 Å². The molecule has 9 nitrogen and oxygen atoms in total. The number of methoxy groups -OCH3 is 1. The number of carbonyl (C=O) groups is 2. The molecule has 1 fully saturated rings. The van der Waals surface area contributed by atoms with Crippen molar-refractivity contribution in [2.24, 2.45) is 0 Å². The van der Waals surface area contributed by atoms with E-state index in [-0.39, 0.29) is 36.1 Å². The zero-order valence-electron chi connectivity index (χ0n) is 14.8. The van der Waals surface area contributed by atoms with Crippen molar-refractivity contribution in [1.82, 2.24) is 20.3 Å². The summed E-state index contributed by atoms with van der Waals surface area (Å²) in [5.74, 6) is -0.126. The fourth-order valence-corrected chi connectivity index (χ4v) is 3.24. The van der Waals surface area contributed by atoms with E-state index in [0.717, 1.165) is 25.5 Å². The van der Waals surface area contributed by atoms with Crippen molar-refractivity contribution in [3.63, 3.8) is 0 Å². The van der Waals surface area contributed by atoms with Crippen LogP contribution in [0.25, 0.3) is 0 Å². The van der Waals surface area contributed by atoms with Gasteiger partial charge in [-0.25, -0.2) is 13.1 Å². The third-order valence-electron chi connectivity index (χ3n) is 4.07. The average Bonchev–Trinajstić information content (AvgIpc) is 2.60. The predicted octanol–water partition coefficient (Wildman–Crippen LogP) is -0.203. The van der Waals surface area contributed by atoms with Crippen LogP contribution in [0.1, 0.15) is 36.2 Å². The molecular formula is C16H24N4O5S. The molecule has 10 heteroatoms. The number of rotatable bonds is 7. The molecule has 26 heavy (non-hydrogen) atoms. The molecule has 2 amide bonds. The zero-order chi connectivity index (χ0) is 19.2. The quantitative estimate of drug-likeness (QED) is 0.597. The molecule has 3 N–H and O–H groups in total. The van der Waals surface area contributed by atoms with E-state index in [2.05, 4.69) is 20.3 Å². The number of nitrogens with one attached hydrogen (secondary N) is 3. The number of nitrogens with zero attached hydrogens (tertiary/aromatic N) is 1. The molecule has 0 radical (unpaired) electrons. The van der Waals surface area contributed by atoms with E-state index < -0.39 is 10.0 Å². The molecule has 1 aliphatic rings. The van der Waals surface area contributed by atoms with E-state index in [4.69, 9.17) is 4.74 Å². The summed E-state index contributed by atoms with van der Waals surface area (Å²) >= 11 is 0. The van der Waals surface area contributed by atoms with Crippen LogP contribution in [0.15, 0.2) is 18.3 Å². The first-order valence-electron chi connectivity index (χ1n) is 8.31. The van der Waals surface area contributed by atoms with Crippen LogP contribution in [-0.2, 0) is 14.8 Å². The molecule has 0 aliphatic heterocycles. The monoisotopic (exact) mass is 384 g/mol. The van der Waals surface area contributed by atoms with Gasteiger partial charge in [-0.2, -0.15) is 0 Å². The van der Waals surface area contributed by atoms with E-state index in [9.17, 15) is 18.0 Å². The van der Waals surface area contributed by atoms with Crippen molar-refractivity contribution >= 4 is 21.8 Å². The molecular weight excluding hydrogens is 360 g/mol. The molecule has 144 valence electrons. The second kappa shape index (κ2) is 8.95. The molecule has 1 aromatic heterocycles. The van der Waals surface area contributed by atoms with E-state index in [0.29, 0.717) is 12.2 Å². The second-order valence-corrected chi connectivity index (χ2v) is 8.11. The van der Waals surface area contributed by atoms with Crippen molar-refractivity contribution in [1.29, 1.82) is 0 Å². The van der Waals surface area contributed by atoms with Gasteiger partial charge < -0.3 is 15.4 Å². The summed E-state index contributed by atoms with van der Waals surface area (Å²) in [6.07, 6.45) is 5.53. The Balaban J connectivity index is 1.85. The molecule has 2 rings (SSSR count). The Morgan fingerprint density at radius 2 is 1.96 bits per heavy atom. The highest BCUT2D eigenvalue weighted by Crippen LogP contribution is 2.19. The van der Waals surface area contributed by atoms with Crippen molar-refractivity contribution in [3.8, 4) is 5.75 Å². The molecule has 0 bridgehead atoms. The third kappa shape index (κ3) is 6.60. The van der Waals surface area contributed by atoms with Gasteiger partial charge in [0.05, 0.1) is 19.9 Å². The lowest BCUT2D eigenvalue weighted by molar-refractivity contribution is -0.120. The number of ether oxygens (including phenoxy) is 1. The van der Waals surface area contributed by atoms with E-state index in [1.807, 2.05) is 0 Å². The first kappa shape index (κ1) is 20.1. The maximum Gasteiger partial charge on any atom is 0.270 e. The van der Waals surface area contributed by atoms with Gasteiger partial charge in [0.15, 0.2) is 0 Å². The fraction of sp³-hybridized carbons (Fsp3) is 0.562. The summed E-state index contributed by atoms with van der Waals surface area (Å²) in [6, 6.07) is 3.03. The summed E-state index contributed by atoms with van der Waals surface area (Å²) in [5, 5.41) is 5.73. The summed E-state index contributed by atoms with van der Waals surface area (Å²) in [5.41, 5.74) is 0.271. The highest BCUT2D eigenvalue weighted by Gasteiger charge is 2.25. The molecule has 0 spiro atoms. The number of amides is 2. The Morgan fingerprint density at radius 3 is 2.62 bits per heavy atom. The lowest BCUT2D eigenvalue weighted by atomic mass is 9.91. The van der Waals surface area contributed by atoms with Crippen LogP contribution in [-0.4, -0.2) is 57.2 Å². The Labute approximate surface area is 153 Å². The number of hydrogen-bond donors (Lipinski definition) is 3. The smallest absolute Gasteiger partial charge is 0.270 e. The Morgan fingerprint density at radius 1 is 1.27 bits per heavy atom. The highest BCUT2D eigenvalue weighted by atomic mass is 32.2. The summed E-state index contributed by atoms with van der Waals surface area (Å²) in [7, 11) is -1.89. The van der Waals surface area contributed by atoms with E-state index in [1.54, 1.807) is 12.1 Å². The van der Waals surface area contributed by atoms with E-state index in [1.165, 1.54) is 13.3 Å². The average molecular weight is 384 g/mol. The van der Waals surface area contributed by atoms with Crippen LogP contribution in [0.2, 0.25) is 0 Å². The minimum Gasteiger partial charge on any atom is -0.497 e. The SMILES string of the molecule is COc1ccnc(C(=O)N[C@@H]2CCC[C@@H](NC(=O)CNS(C)(=O)=O)C2)c1. The third-order valence-corrected chi connectivity index (χ3v) is 4.74. The van der Waals surface area contributed by atoms with Crippen LogP contribution in [0.5, 0.6) is 5.75 Å². The maximum atomic E-state index is 12.3. The number of carbonyl (C=O) groups excluding carboxylic acids is 2. The number of hydrogen-bond acceptors (Lipinski definition) is 6. The van der Waals surface area contributed by atoms with Crippen molar-refractivity contribution in [3.05, 3.63) is 24.0 Å². The summed E-state index contributed by atoms with van der Waals surface area (Å²) in [4.78, 5) is 28.2. The van der Waals surface area contributed by atoms with Crippen LogP contribution < -0.4 is 20.1 Å². The molecule has 0 unspecified atom stereocenters. The summed E-state index contributed by atoms with van der Waals surface area (Å²) < 4.78 is 29.3. The number of sulfonamides is 1. The van der Waals surface area contributed by atoms with E-state index >= 15 is 0 Å². The van der Waals surface area contributed by atoms with Gasteiger partial charge in [0.1, 0.15) is 11.4 Å². The van der Waals surface area contributed by atoms with Gasteiger partial charge in [-0.05, 0) is 31.7 Å². The molecule has 0 aromatic carbocycles. The molecule has 1 aromatic rings. The van der Waals surface area contributed by atoms with Crippen molar-refractivity contribution in [2.75, 3.05) is 19.9 Å². The molecule has 1 saturated carbocycles. The van der Waals surface area contributed by atoms with Gasteiger partial charge in [-0.1, -0.05) is 0 Å². The normalized spacial score (nSPS) is 20.2. The Bertz CT molecular complexity index is 753. The van der Waals surface area contributed by atoms with Crippen LogP contribution in [0.4, 0.5) is 0 Å². The standard InChI is InChI=1S/C16H24N4O5S/c1-25-13-6-7-17-14(9-13)16(22)20-12-5-3-4-11(8-12)19-15(21)10-18-26(2,23)24/h6-7,9,11-12,18H,3-5,8,10H2,1-2H3,(H,19,21)(H,20,22)/t11-,12-/m1/s1. The molecule has 1 heterocycles. The minimum absolute atomic E-state index is 0.0857. The Kier molecular flexibility index (Phi) is 6.92. The van der Waals surface area contributed by atoms with Gasteiger partial charge in [0.2, 0.25) is 15.9 Å². The lowest BCUT2D eigenvalue weighted by Crippen LogP contribution is -2.48. The van der Waals surface area contributed by atoms with Gasteiger partial charge in [-0.3, -0.25) is 14.6 Å². The predicted molar refractivity (Wildman–Crippen MR) is 95.3 cm³/mol. The fourth-order valence-electron chi connectivity index (χ4n) is 2.85. The molecule has 2 atom stereocenters. The molecule has 1 aliphatic carbocycles. The van der Waals surface area contributed by atoms with Gasteiger partial charge in [-0.15, -0.1) is 0 Å². The van der Waals surface area contributed by atoms with Crippen molar-refractivity contribution in [2.45, 2.75) is 37.8 Å². The zero-order valence-corrected chi connectivity index (χ0v) is 15.6. The minimum atomic E-state index is -3.41. The lowest BCUT2D eigenvalue weighted by Gasteiger charge is -2.30. The first-order chi connectivity index (χ1) is 12.3. The number of pyridine rings is 1. The van der Waals surface area contributed by atoms with Crippen LogP contribution in [0.3, 0.4) is 0 Å². The maximum absolute atomic E-state index is 12.3. The largest absolute Gasteiger partial charge is 0.497 e. The topological polar surface area (TPSA) is 126 Å².